The quantitative estimate of drug-likeness (QED) is 0.422. The van der Waals surface area contributed by atoms with Crippen molar-refractivity contribution >= 4 is 0 Å². The molecule has 0 aliphatic rings. The van der Waals surface area contributed by atoms with Gasteiger partial charge in [0.25, 0.3) is 0 Å². The minimum absolute atomic E-state index is 0.254. The first kappa shape index (κ1) is 20.0. The van der Waals surface area contributed by atoms with Gasteiger partial charge in [-0.1, -0.05) is 37.3 Å². The van der Waals surface area contributed by atoms with Gasteiger partial charge in [-0.05, 0) is 61.7 Å². The minimum atomic E-state index is -0.905. The van der Waals surface area contributed by atoms with E-state index >= 15 is 0 Å². The van der Waals surface area contributed by atoms with Crippen LogP contribution in [0.1, 0.15) is 44.7 Å². The van der Waals surface area contributed by atoms with Crippen LogP contribution in [0.3, 0.4) is 0 Å². The number of aliphatic hydroxyl groups excluding tert-OH is 1. The molecule has 140 valence electrons. The van der Waals surface area contributed by atoms with Gasteiger partial charge in [-0.3, -0.25) is 0 Å². The fraction of sp³-hybridized carbons (Fsp3) is 0.364. The third-order valence-electron chi connectivity index (χ3n) is 4.56. The summed E-state index contributed by atoms with van der Waals surface area (Å²) in [6.07, 6.45) is 0.935. The van der Waals surface area contributed by atoms with Crippen molar-refractivity contribution in [3.05, 3.63) is 71.3 Å². The summed E-state index contributed by atoms with van der Waals surface area (Å²) < 4.78 is 5.54. The smallest absolute Gasteiger partial charge is 0.219 e. The normalized spacial score (nSPS) is 14.2. The van der Waals surface area contributed by atoms with Crippen LogP contribution in [-0.4, -0.2) is 30.1 Å². The molecule has 2 aromatic carbocycles. The van der Waals surface area contributed by atoms with Gasteiger partial charge in [0, 0.05) is 19.5 Å². The van der Waals surface area contributed by atoms with Crippen molar-refractivity contribution in [2.24, 2.45) is 0 Å². The van der Waals surface area contributed by atoms with Gasteiger partial charge in [0.15, 0.2) is 0 Å². The molecule has 0 bridgehead atoms. The van der Waals surface area contributed by atoms with Crippen molar-refractivity contribution in [2.75, 3.05) is 13.6 Å². The molecule has 2 atom stereocenters. The lowest BCUT2D eigenvalue weighted by Gasteiger charge is -2.18. The molecule has 0 saturated heterocycles. The Morgan fingerprint density at radius 2 is 1.54 bits per heavy atom. The van der Waals surface area contributed by atoms with Crippen LogP contribution < -0.4 is 9.57 Å². The second-order valence-corrected chi connectivity index (χ2v) is 6.40. The van der Waals surface area contributed by atoms with Crippen LogP contribution in [0.25, 0.3) is 0 Å². The van der Waals surface area contributed by atoms with Crippen LogP contribution in [0.5, 0.6) is 11.5 Å². The fourth-order valence-electron chi connectivity index (χ4n) is 2.45. The highest BCUT2D eigenvalue weighted by molar-refractivity contribution is 5.37. The fourth-order valence-corrected chi connectivity index (χ4v) is 2.45. The average Bonchev–Trinajstić information content (AvgIpc) is 2.67. The lowest BCUT2D eigenvalue weighted by atomic mass is 9.93. The first-order valence-corrected chi connectivity index (χ1v) is 9.01. The Bertz CT molecular complexity index is 707. The maximum absolute atomic E-state index is 9.93. The zero-order valence-corrected chi connectivity index (χ0v) is 16.3. The molecular formula is C22H29NO3. The number of aliphatic hydroxyl groups is 1. The van der Waals surface area contributed by atoms with E-state index in [1.54, 1.807) is 5.06 Å². The van der Waals surface area contributed by atoms with Gasteiger partial charge in [0.1, 0.15) is 11.5 Å². The Morgan fingerprint density at radius 1 is 1.04 bits per heavy atom. The monoisotopic (exact) mass is 355 g/mol. The maximum Gasteiger partial charge on any atom is 0.219 e. The third-order valence-corrected chi connectivity index (χ3v) is 4.56. The number of ether oxygens (including phenoxy) is 1. The second kappa shape index (κ2) is 9.41. The molecule has 0 saturated carbocycles. The Kier molecular flexibility index (Phi) is 7.25. The van der Waals surface area contributed by atoms with Crippen molar-refractivity contribution in [3.63, 3.8) is 0 Å². The molecule has 4 heteroatoms. The SMILES string of the molecule is CC=C(C)C(O)Oc1ccc(C(C)c2ccc(ON(C)CC)cc2)cc1. The molecule has 0 fully saturated rings. The summed E-state index contributed by atoms with van der Waals surface area (Å²) in [4.78, 5) is 5.67. The predicted molar refractivity (Wildman–Crippen MR) is 105 cm³/mol. The Morgan fingerprint density at radius 3 is 2.00 bits per heavy atom. The van der Waals surface area contributed by atoms with Gasteiger partial charge >= 0.3 is 0 Å². The Labute approximate surface area is 156 Å². The van der Waals surface area contributed by atoms with Gasteiger partial charge < -0.3 is 14.7 Å². The minimum Gasteiger partial charge on any atom is -0.461 e. The molecule has 2 aromatic rings. The van der Waals surface area contributed by atoms with Crippen LogP contribution in [0.4, 0.5) is 0 Å². The Balaban J connectivity index is 2.04. The van der Waals surface area contributed by atoms with Crippen LogP contribution in [0.15, 0.2) is 60.2 Å². The van der Waals surface area contributed by atoms with Crippen molar-refractivity contribution in [3.8, 4) is 11.5 Å². The van der Waals surface area contributed by atoms with Crippen LogP contribution >= 0.6 is 0 Å². The van der Waals surface area contributed by atoms with Crippen molar-refractivity contribution in [1.82, 2.24) is 5.06 Å². The molecule has 26 heavy (non-hydrogen) atoms. The molecule has 0 radical (unpaired) electrons. The van der Waals surface area contributed by atoms with E-state index in [2.05, 4.69) is 19.1 Å². The molecule has 0 aliphatic heterocycles. The summed E-state index contributed by atoms with van der Waals surface area (Å²) in [5.74, 6) is 1.74. The third kappa shape index (κ3) is 5.35. The number of allylic oxidation sites excluding steroid dienone is 1. The van der Waals surface area contributed by atoms with E-state index in [9.17, 15) is 5.11 Å². The van der Waals surface area contributed by atoms with E-state index in [1.165, 1.54) is 11.1 Å². The molecule has 0 heterocycles. The lowest BCUT2D eigenvalue weighted by Crippen LogP contribution is -2.21. The molecule has 0 aromatic heterocycles. The molecule has 0 amide bonds. The first-order chi connectivity index (χ1) is 12.4. The summed E-state index contributed by atoms with van der Waals surface area (Å²) >= 11 is 0. The number of hydroxylamine groups is 2. The summed E-state index contributed by atoms with van der Waals surface area (Å²) in [5.41, 5.74) is 3.20. The molecule has 1 N–H and O–H groups in total. The summed E-state index contributed by atoms with van der Waals surface area (Å²) in [6, 6.07) is 16.0. The standard InChI is InChI=1S/C22H29NO3/c1-6-16(3)22(24)25-20-12-8-18(9-13-20)17(4)19-10-14-21(15-11-19)26-23(5)7-2/h6,8-15,17,22,24H,7H2,1-5H3. The molecular weight excluding hydrogens is 326 g/mol. The van der Waals surface area contributed by atoms with E-state index in [0.29, 0.717) is 5.75 Å². The molecule has 0 spiro atoms. The van der Waals surface area contributed by atoms with Crippen LogP contribution in [-0.2, 0) is 0 Å². The van der Waals surface area contributed by atoms with Crippen LogP contribution in [0, 0.1) is 0 Å². The van der Waals surface area contributed by atoms with Gasteiger partial charge in [-0.25, -0.2) is 0 Å². The number of benzene rings is 2. The summed E-state index contributed by atoms with van der Waals surface area (Å²) in [6.45, 7) is 8.76. The summed E-state index contributed by atoms with van der Waals surface area (Å²) in [7, 11) is 1.91. The number of nitrogens with zero attached hydrogens (tertiary/aromatic N) is 1. The first-order valence-electron chi connectivity index (χ1n) is 9.01. The van der Waals surface area contributed by atoms with Gasteiger partial charge in [0.05, 0.1) is 0 Å². The van der Waals surface area contributed by atoms with E-state index in [1.807, 2.05) is 70.3 Å². The second-order valence-electron chi connectivity index (χ2n) is 6.40. The number of rotatable bonds is 8. The topological polar surface area (TPSA) is 41.9 Å². The highest BCUT2D eigenvalue weighted by atomic mass is 16.7. The Hall–Kier alpha value is -2.30. The summed E-state index contributed by atoms with van der Waals surface area (Å²) in [5, 5.41) is 11.7. The highest BCUT2D eigenvalue weighted by Crippen LogP contribution is 2.27. The van der Waals surface area contributed by atoms with E-state index < -0.39 is 6.29 Å². The van der Waals surface area contributed by atoms with Crippen LogP contribution in [0.2, 0.25) is 0 Å². The molecule has 2 rings (SSSR count). The van der Waals surface area contributed by atoms with Gasteiger partial charge in [-0.15, -0.1) is 5.06 Å². The lowest BCUT2D eigenvalue weighted by molar-refractivity contribution is -0.0263. The van der Waals surface area contributed by atoms with Crippen molar-refractivity contribution in [2.45, 2.75) is 39.9 Å². The largest absolute Gasteiger partial charge is 0.461 e. The van der Waals surface area contributed by atoms with Crippen molar-refractivity contribution in [1.29, 1.82) is 0 Å². The maximum atomic E-state index is 9.93. The average molecular weight is 355 g/mol. The predicted octanol–water partition coefficient (Wildman–Crippen LogP) is 4.75. The van der Waals surface area contributed by atoms with Crippen molar-refractivity contribution < 1.29 is 14.7 Å². The van der Waals surface area contributed by atoms with E-state index in [0.717, 1.165) is 17.9 Å². The van der Waals surface area contributed by atoms with Gasteiger partial charge in [-0.2, -0.15) is 0 Å². The number of hydrogen-bond donors (Lipinski definition) is 1. The van der Waals surface area contributed by atoms with E-state index in [-0.39, 0.29) is 5.92 Å². The van der Waals surface area contributed by atoms with E-state index in [4.69, 9.17) is 9.57 Å². The van der Waals surface area contributed by atoms with Gasteiger partial charge in [0.2, 0.25) is 6.29 Å². The highest BCUT2D eigenvalue weighted by Gasteiger charge is 2.11. The zero-order chi connectivity index (χ0) is 19.1. The molecule has 2 unspecified atom stereocenters. The zero-order valence-electron chi connectivity index (χ0n) is 16.3. The molecule has 0 aliphatic carbocycles. The molecule has 4 nitrogen and oxygen atoms in total. The number of hydrogen-bond acceptors (Lipinski definition) is 4.